The van der Waals surface area contributed by atoms with E-state index in [4.69, 9.17) is 9.47 Å². The average molecular weight is 361 g/mol. The van der Waals surface area contributed by atoms with E-state index in [9.17, 15) is 18.4 Å². The van der Waals surface area contributed by atoms with Gasteiger partial charge in [0.2, 0.25) is 12.7 Å². The first-order valence-corrected chi connectivity index (χ1v) is 7.44. The number of fused-ring (bicyclic) bond motifs is 1. The van der Waals surface area contributed by atoms with E-state index in [-0.39, 0.29) is 12.5 Å². The number of amides is 1. The molecule has 1 amide bonds. The van der Waals surface area contributed by atoms with Crippen LogP contribution < -0.4 is 14.8 Å². The monoisotopic (exact) mass is 361 g/mol. The molecule has 1 heterocycles. The standard InChI is InChI=1S/C18H13F2NO5/c1-24-18(23)11-7-14(13(20)8-12(11)19)21-17(22)5-3-10-2-4-15-16(6-10)26-9-25-15/h2-8H,9H2,1H3,(H,21,22). The van der Waals surface area contributed by atoms with Gasteiger partial charge in [-0.3, -0.25) is 4.79 Å². The van der Waals surface area contributed by atoms with Crippen molar-refractivity contribution in [2.75, 3.05) is 19.2 Å². The van der Waals surface area contributed by atoms with Gasteiger partial charge >= 0.3 is 5.97 Å². The van der Waals surface area contributed by atoms with Crippen LogP contribution in [0.4, 0.5) is 14.5 Å². The summed E-state index contributed by atoms with van der Waals surface area (Å²) in [7, 11) is 1.07. The first-order valence-electron chi connectivity index (χ1n) is 7.44. The summed E-state index contributed by atoms with van der Waals surface area (Å²) in [6.07, 6.45) is 2.65. The molecule has 2 aromatic carbocycles. The van der Waals surface area contributed by atoms with E-state index in [2.05, 4.69) is 10.1 Å². The molecule has 26 heavy (non-hydrogen) atoms. The molecule has 0 saturated heterocycles. The quantitative estimate of drug-likeness (QED) is 0.669. The fourth-order valence-electron chi connectivity index (χ4n) is 2.27. The van der Waals surface area contributed by atoms with Gasteiger partial charge in [0.15, 0.2) is 11.5 Å². The molecule has 0 saturated carbocycles. The molecule has 1 N–H and O–H groups in total. The largest absolute Gasteiger partial charge is 0.465 e. The Labute approximate surface area is 147 Å². The molecule has 0 spiro atoms. The van der Waals surface area contributed by atoms with Crippen molar-refractivity contribution < 1.29 is 32.6 Å². The van der Waals surface area contributed by atoms with Crippen molar-refractivity contribution in [1.29, 1.82) is 0 Å². The maximum atomic E-state index is 13.8. The van der Waals surface area contributed by atoms with Gasteiger partial charge in [-0.2, -0.15) is 0 Å². The highest BCUT2D eigenvalue weighted by Crippen LogP contribution is 2.32. The Morgan fingerprint density at radius 3 is 2.65 bits per heavy atom. The first kappa shape index (κ1) is 17.4. The summed E-state index contributed by atoms with van der Waals surface area (Å²) in [6, 6.07) is 6.47. The molecule has 2 aromatic rings. The van der Waals surface area contributed by atoms with Gasteiger partial charge in [-0.25, -0.2) is 13.6 Å². The van der Waals surface area contributed by atoms with Gasteiger partial charge in [0.1, 0.15) is 11.6 Å². The third-order valence-electron chi connectivity index (χ3n) is 3.54. The number of halogens is 2. The molecule has 0 fully saturated rings. The summed E-state index contributed by atoms with van der Waals surface area (Å²) in [5, 5.41) is 2.25. The van der Waals surface area contributed by atoms with Gasteiger partial charge in [-0.05, 0) is 29.8 Å². The van der Waals surface area contributed by atoms with Crippen molar-refractivity contribution in [3.63, 3.8) is 0 Å². The number of carbonyl (C=O) groups is 2. The van der Waals surface area contributed by atoms with Crippen molar-refractivity contribution in [3.05, 3.63) is 59.2 Å². The van der Waals surface area contributed by atoms with E-state index < -0.39 is 29.1 Å². The smallest absolute Gasteiger partial charge is 0.340 e. The molecule has 1 aliphatic heterocycles. The van der Waals surface area contributed by atoms with Gasteiger partial charge in [0, 0.05) is 12.1 Å². The predicted molar refractivity (Wildman–Crippen MR) is 87.9 cm³/mol. The molecule has 0 aromatic heterocycles. The van der Waals surface area contributed by atoms with Crippen LogP contribution >= 0.6 is 0 Å². The van der Waals surface area contributed by atoms with Gasteiger partial charge < -0.3 is 19.5 Å². The fraction of sp³-hybridized carbons (Fsp3) is 0.111. The predicted octanol–water partition coefficient (Wildman–Crippen LogP) is 3.13. The van der Waals surface area contributed by atoms with E-state index in [1.54, 1.807) is 18.2 Å². The van der Waals surface area contributed by atoms with Crippen molar-refractivity contribution >= 4 is 23.6 Å². The molecule has 0 radical (unpaired) electrons. The third kappa shape index (κ3) is 3.64. The number of carbonyl (C=O) groups excluding carboxylic acids is 2. The van der Waals surface area contributed by atoms with Crippen LogP contribution in [0, 0.1) is 11.6 Å². The number of ether oxygens (including phenoxy) is 3. The number of nitrogens with one attached hydrogen (secondary N) is 1. The highest BCUT2D eigenvalue weighted by atomic mass is 19.1. The van der Waals surface area contributed by atoms with Crippen LogP contribution in [-0.4, -0.2) is 25.8 Å². The van der Waals surface area contributed by atoms with E-state index in [1.807, 2.05) is 0 Å². The summed E-state index contributed by atoms with van der Waals surface area (Å²) in [5.41, 5.74) is -0.157. The van der Waals surface area contributed by atoms with Crippen molar-refractivity contribution in [2.24, 2.45) is 0 Å². The normalized spacial score (nSPS) is 12.3. The van der Waals surface area contributed by atoms with Crippen LogP contribution in [-0.2, 0) is 9.53 Å². The molecule has 0 aliphatic carbocycles. The van der Waals surface area contributed by atoms with E-state index >= 15 is 0 Å². The van der Waals surface area contributed by atoms with E-state index in [0.717, 1.165) is 19.3 Å². The fourth-order valence-corrected chi connectivity index (χ4v) is 2.27. The zero-order valence-electron chi connectivity index (χ0n) is 13.5. The molecule has 3 rings (SSSR count). The number of benzene rings is 2. The Morgan fingerprint density at radius 1 is 1.12 bits per heavy atom. The molecule has 134 valence electrons. The molecule has 0 bridgehead atoms. The second-order valence-electron chi connectivity index (χ2n) is 5.24. The lowest BCUT2D eigenvalue weighted by Gasteiger charge is -2.07. The summed E-state index contributed by atoms with van der Waals surface area (Å²) < 4.78 is 42.2. The number of hydrogen-bond acceptors (Lipinski definition) is 5. The molecule has 0 unspecified atom stereocenters. The minimum absolute atomic E-state index is 0.134. The molecular formula is C18H13F2NO5. The molecule has 0 atom stereocenters. The highest BCUT2D eigenvalue weighted by Gasteiger charge is 2.17. The maximum absolute atomic E-state index is 13.8. The lowest BCUT2D eigenvalue weighted by atomic mass is 10.1. The second-order valence-corrected chi connectivity index (χ2v) is 5.24. The van der Waals surface area contributed by atoms with Gasteiger partial charge in [0.05, 0.1) is 18.4 Å². The maximum Gasteiger partial charge on any atom is 0.340 e. The Kier molecular flexibility index (Phi) is 4.83. The molecule has 1 aliphatic rings. The zero-order chi connectivity index (χ0) is 18.7. The Hall–Kier alpha value is -3.42. The minimum Gasteiger partial charge on any atom is -0.465 e. The van der Waals surface area contributed by atoms with Gasteiger partial charge in [-0.1, -0.05) is 6.07 Å². The lowest BCUT2D eigenvalue weighted by Crippen LogP contribution is -2.12. The van der Waals surface area contributed by atoms with Crippen molar-refractivity contribution in [1.82, 2.24) is 0 Å². The number of anilines is 1. The summed E-state index contributed by atoms with van der Waals surface area (Å²) in [6.45, 7) is 0.134. The SMILES string of the molecule is COC(=O)c1cc(NC(=O)C=Cc2ccc3c(c2)OCO3)c(F)cc1F. The Balaban J connectivity index is 1.74. The molecule has 6 nitrogen and oxygen atoms in total. The summed E-state index contributed by atoms with van der Waals surface area (Å²) in [5.74, 6) is -2.57. The highest BCUT2D eigenvalue weighted by molar-refractivity contribution is 6.02. The Morgan fingerprint density at radius 2 is 1.88 bits per heavy atom. The molecular weight excluding hydrogens is 348 g/mol. The molecule has 8 heteroatoms. The van der Waals surface area contributed by atoms with Crippen LogP contribution in [0.3, 0.4) is 0 Å². The lowest BCUT2D eigenvalue weighted by molar-refractivity contribution is -0.111. The van der Waals surface area contributed by atoms with E-state index in [1.165, 1.54) is 6.08 Å². The number of esters is 1. The van der Waals surface area contributed by atoms with Crippen molar-refractivity contribution in [2.45, 2.75) is 0 Å². The van der Waals surface area contributed by atoms with Crippen LogP contribution in [0.5, 0.6) is 11.5 Å². The van der Waals surface area contributed by atoms with Crippen LogP contribution in [0.2, 0.25) is 0 Å². The van der Waals surface area contributed by atoms with Crippen LogP contribution in [0.15, 0.2) is 36.4 Å². The zero-order valence-corrected chi connectivity index (χ0v) is 13.5. The minimum atomic E-state index is -1.08. The van der Waals surface area contributed by atoms with Crippen molar-refractivity contribution in [3.8, 4) is 11.5 Å². The van der Waals surface area contributed by atoms with Gasteiger partial charge in [-0.15, -0.1) is 0 Å². The first-order chi connectivity index (χ1) is 12.5. The van der Waals surface area contributed by atoms with Crippen LogP contribution in [0.25, 0.3) is 6.08 Å². The number of methoxy groups -OCH3 is 1. The average Bonchev–Trinajstić information content (AvgIpc) is 3.09. The van der Waals surface area contributed by atoms with Gasteiger partial charge in [0.25, 0.3) is 0 Å². The topological polar surface area (TPSA) is 73.9 Å². The third-order valence-corrected chi connectivity index (χ3v) is 3.54. The summed E-state index contributed by atoms with van der Waals surface area (Å²) >= 11 is 0. The number of rotatable bonds is 4. The Bertz CT molecular complexity index is 911. The van der Waals surface area contributed by atoms with Crippen LogP contribution in [0.1, 0.15) is 15.9 Å². The number of hydrogen-bond donors (Lipinski definition) is 1. The summed E-state index contributed by atoms with van der Waals surface area (Å²) in [4.78, 5) is 23.4. The van der Waals surface area contributed by atoms with E-state index in [0.29, 0.717) is 23.1 Å². The second kappa shape index (κ2) is 7.22.